The van der Waals surface area contributed by atoms with Crippen molar-refractivity contribution in [2.24, 2.45) is 0 Å². The molecule has 4 rings (SSSR count). The van der Waals surface area contributed by atoms with Gasteiger partial charge in [-0.25, -0.2) is 4.79 Å². The first-order chi connectivity index (χ1) is 13.0. The molecule has 2 aliphatic heterocycles. The maximum atomic E-state index is 13.0. The monoisotopic (exact) mass is 478 g/mol. The summed E-state index contributed by atoms with van der Waals surface area (Å²) in [6, 6.07) is 6.68. The Bertz CT molecular complexity index is 922. The summed E-state index contributed by atoms with van der Waals surface area (Å²) >= 11 is 2.22. The fourth-order valence-electron chi connectivity index (χ4n) is 4.58. The van der Waals surface area contributed by atoms with Crippen LogP contribution in [0.4, 0.5) is 10.5 Å². The number of nitrogens with zero attached hydrogens (tertiary/aromatic N) is 2. The molecule has 6 nitrogen and oxygen atoms in total. The minimum absolute atomic E-state index is 0.0292. The summed E-state index contributed by atoms with van der Waals surface area (Å²) in [6.45, 7) is 2.41. The summed E-state index contributed by atoms with van der Waals surface area (Å²) in [6.07, 6.45) is 3.62. The lowest BCUT2D eigenvalue weighted by Gasteiger charge is -2.38. The highest BCUT2D eigenvalue weighted by atomic mass is 127. The van der Waals surface area contributed by atoms with Crippen molar-refractivity contribution in [2.45, 2.75) is 31.2 Å². The Morgan fingerprint density at radius 2 is 2.11 bits per heavy atom. The predicted molar refractivity (Wildman–Crippen MR) is 109 cm³/mol. The number of halogens is 1. The normalized spacial score (nSPS) is 26.6. The second kappa shape index (κ2) is 6.47. The van der Waals surface area contributed by atoms with Crippen molar-refractivity contribution in [2.75, 3.05) is 18.6 Å². The maximum Gasteiger partial charge on any atom is 0.414 e. The van der Waals surface area contributed by atoms with Gasteiger partial charge in [-0.2, -0.15) is 0 Å². The predicted octanol–water partition coefficient (Wildman–Crippen LogP) is 3.31. The first kappa shape index (κ1) is 18.2. The zero-order valence-corrected chi connectivity index (χ0v) is 17.2. The molecule has 2 heterocycles. The number of amides is 2. The third-order valence-corrected chi connectivity index (χ3v) is 6.61. The lowest BCUT2D eigenvalue weighted by Crippen LogP contribution is -2.54. The first-order valence-corrected chi connectivity index (χ1v) is 9.84. The molecular formula is C20H19IN2O4. The Morgan fingerprint density at radius 1 is 1.37 bits per heavy atom. The molecule has 7 heteroatoms. The van der Waals surface area contributed by atoms with E-state index in [1.807, 2.05) is 43.3 Å². The van der Waals surface area contributed by atoms with Crippen LogP contribution < -0.4 is 4.90 Å². The van der Waals surface area contributed by atoms with Crippen LogP contribution in [0.25, 0.3) is 0 Å². The Labute approximate surface area is 171 Å². The number of methoxy groups -OCH3 is 1. The van der Waals surface area contributed by atoms with Crippen LogP contribution >= 0.6 is 22.6 Å². The molecule has 1 spiro atoms. The molecule has 3 aliphatic rings. The lowest BCUT2D eigenvalue weighted by molar-refractivity contribution is -0.126. The number of hydrogen-bond acceptors (Lipinski definition) is 4. The summed E-state index contributed by atoms with van der Waals surface area (Å²) in [5.74, 6) is -0.103. The minimum atomic E-state index is -0.831. The van der Waals surface area contributed by atoms with Crippen LogP contribution in [-0.2, 0) is 19.7 Å². The maximum absolute atomic E-state index is 13.0. The van der Waals surface area contributed by atoms with E-state index in [2.05, 4.69) is 22.6 Å². The van der Waals surface area contributed by atoms with Crippen molar-refractivity contribution in [1.29, 1.82) is 0 Å². The number of carbonyl (C=O) groups excluding carboxylic acids is 3. The highest BCUT2D eigenvalue weighted by Gasteiger charge is 2.64. The van der Waals surface area contributed by atoms with Gasteiger partial charge in [-0.05, 0) is 41.1 Å². The molecule has 1 aliphatic carbocycles. The number of ketones is 1. The van der Waals surface area contributed by atoms with Gasteiger partial charge in [-0.15, -0.1) is 0 Å². The van der Waals surface area contributed by atoms with E-state index in [0.717, 1.165) is 14.8 Å². The molecule has 1 aromatic carbocycles. The zero-order chi connectivity index (χ0) is 19.3. The Balaban J connectivity index is 1.93. The van der Waals surface area contributed by atoms with Crippen LogP contribution in [0, 0.1) is 0 Å². The van der Waals surface area contributed by atoms with Crippen molar-refractivity contribution in [3.63, 3.8) is 0 Å². The molecule has 0 N–H and O–H groups in total. The molecule has 1 aromatic rings. The van der Waals surface area contributed by atoms with Gasteiger partial charge in [-0.1, -0.05) is 30.4 Å². The molecule has 2 amide bonds. The number of rotatable bonds is 2. The number of hydrogen-bond donors (Lipinski definition) is 0. The topological polar surface area (TPSA) is 66.9 Å². The van der Waals surface area contributed by atoms with E-state index in [-0.39, 0.29) is 24.5 Å². The number of benzene rings is 1. The number of likely N-dealkylation sites (tertiary alicyclic amines) is 1. The number of fused-ring (bicyclic) bond motifs is 1. The van der Waals surface area contributed by atoms with Crippen molar-refractivity contribution in [1.82, 2.24) is 4.90 Å². The van der Waals surface area contributed by atoms with E-state index in [1.165, 1.54) is 12.0 Å². The summed E-state index contributed by atoms with van der Waals surface area (Å²) in [7, 11) is 1.31. The van der Waals surface area contributed by atoms with Crippen molar-refractivity contribution < 1.29 is 19.1 Å². The fraction of sp³-hybridized carbons (Fsp3) is 0.350. The van der Waals surface area contributed by atoms with Crippen LogP contribution in [0.3, 0.4) is 0 Å². The van der Waals surface area contributed by atoms with Crippen molar-refractivity contribution in [3.05, 3.63) is 51.3 Å². The Kier molecular flexibility index (Phi) is 4.37. The summed E-state index contributed by atoms with van der Waals surface area (Å²) in [5.41, 5.74) is 1.48. The molecular weight excluding hydrogens is 459 g/mol. The molecule has 140 valence electrons. The largest absolute Gasteiger partial charge is 0.452 e. The van der Waals surface area contributed by atoms with Crippen LogP contribution in [0.2, 0.25) is 0 Å². The molecule has 1 saturated heterocycles. The molecule has 27 heavy (non-hydrogen) atoms. The third-order valence-electron chi connectivity index (χ3n) is 5.64. The quantitative estimate of drug-likeness (QED) is 0.612. The number of para-hydroxylation sites is 1. The second-order valence-corrected chi connectivity index (χ2v) is 8.27. The summed E-state index contributed by atoms with van der Waals surface area (Å²) in [5, 5.41) is 0. The van der Waals surface area contributed by atoms with E-state index in [9.17, 15) is 14.4 Å². The average molecular weight is 478 g/mol. The first-order valence-electron chi connectivity index (χ1n) is 8.76. The highest BCUT2D eigenvalue weighted by Crippen LogP contribution is 2.58. The van der Waals surface area contributed by atoms with Gasteiger partial charge in [0.05, 0.1) is 24.8 Å². The number of allylic oxidation sites excluding steroid dienone is 2. The van der Waals surface area contributed by atoms with Crippen LogP contribution in [0.15, 0.2) is 45.7 Å². The highest BCUT2D eigenvalue weighted by molar-refractivity contribution is 14.1. The Hall–Kier alpha value is -2.16. The number of anilines is 1. The van der Waals surface area contributed by atoms with E-state index < -0.39 is 17.6 Å². The number of ether oxygens (including phenoxy) is 1. The fourth-order valence-corrected chi connectivity index (χ4v) is 4.92. The minimum Gasteiger partial charge on any atom is -0.452 e. The summed E-state index contributed by atoms with van der Waals surface area (Å²) in [4.78, 5) is 41.7. The summed E-state index contributed by atoms with van der Waals surface area (Å²) < 4.78 is 6.02. The van der Waals surface area contributed by atoms with Crippen LogP contribution in [0.5, 0.6) is 0 Å². The second-order valence-electron chi connectivity index (χ2n) is 6.88. The number of carbonyl (C=O) groups is 3. The molecule has 0 aromatic heterocycles. The van der Waals surface area contributed by atoms with Crippen LogP contribution in [-0.4, -0.2) is 42.4 Å². The van der Waals surface area contributed by atoms with Gasteiger partial charge in [0.2, 0.25) is 5.91 Å². The van der Waals surface area contributed by atoms with Crippen molar-refractivity contribution in [3.8, 4) is 0 Å². The molecule has 0 saturated carbocycles. The van der Waals surface area contributed by atoms with E-state index in [4.69, 9.17) is 4.74 Å². The van der Waals surface area contributed by atoms with Gasteiger partial charge in [0.25, 0.3) is 0 Å². The van der Waals surface area contributed by atoms with Gasteiger partial charge in [-0.3, -0.25) is 14.5 Å². The smallest absolute Gasteiger partial charge is 0.414 e. The van der Waals surface area contributed by atoms with Gasteiger partial charge < -0.3 is 9.64 Å². The van der Waals surface area contributed by atoms with Crippen molar-refractivity contribution >= 4 is 46.1 Å². The third kappa shape index (κ3) is 2.40. The molecule has 0 unspecified atom stereocenters. The standard InChI is InChI=1S/C20H19IN2O4/c1-3-12(21)11-22-16-9-8-15(24)18-20(16,10-17(22)25)13-6-4-5-7-14(13)23(18)19(26)27-2/h3-7,9,18H,8,10-11H2,1-2H3/b12-3-/t18-,20+/m0/s1. The SMILES string of the molecule is C/C=C(\I)CN1C(=O)C[C@@]23C1=CCC(=O)[C@@H]2N(C(=O)OC)c1ccccc13. The van der Waals surface area contributed by atoms with Gasteiger partial charge in [0.1, 0.15) is 6.04 Å². The molecule has 1 fully saturated rings. The molecule has 2 atom stereocenters. The van der Waals surface area contributed by atoms with Gasteiger partial charge >= 0.3 is 6.09 Å². The van der Waals surface area contributed by atoms with Gasteiger partial charge in [0, 0.05) is 22.1 Å². The van der Waals surface area contributed by atoms with Crippen LogP contribution in [0.1, 0.15) is 25.3 Å². The molecule has 0 radical (unpaired) electrons. The number of Topliss-reactive ketones (excluding diaryl/α,β-unsaturated/α-hetero) is 1. The van der Waals surface area contributed by atoms with Gasteiger partial charge in [0.15, 0.2) is 5.78 Å². The average Bonchev–Trinajstić information content (AvgIpc) is 3.13. The van der Waals surface area contributed by atoms with E-state index in [1.54, 1.807) is 4.90 Å². The lowest BCUT2D eigenvalue weighted by atomic mass is 9.68. The Morgan fingerprint density at radius 3 is 2.81 bits per heavy atom. The van der Waals surface area contributed by atoms with E-state index >= 15 is 0 Å². The zero-order valence-electron chi connectivity index (χ0n) is 15.1. The molecule has 0 bridgehead atoms. The van der Waals surface area contributed by atoms with E-state index in [0.29, 0.717) is 12.2 Å².